The van der Waals surface area contributed by atoms with Crippen molar-refractivity contribution in [2.45, 2.75) is 46.0 Å². The zero-order chi connectivity index (χ0) is 14.8. The van der Waals surface area contributed by atoms with Crippen LogP contribution in [-0.2, 0) is 4.79 Å². The first-order valence-electron chi connectivity index (χ1n) is 7.65. The van der Waals surface area contributed by atoms with Crippen LogP contribution in [-0.4, -0.2) is 41.6 Å². The highest BCUT2D eigenvalue weighted by molar-refractivity contribution is 5.75. The summed E-state index contributed by atoms with van der Waals surface area (Å²) >= 11 is 0. The first kappa shape index (κ1) is 15.1. The van der Waals surface area contributed by atoms with Crippen molar-refractivity contribution >= 4 is 12.0 Å². The molecule has 5 nitrogen and oxygen atoms in total. The molecule has 0 spiro atoms. The third-order valence-corrected chi connectivity index (χ3v) is 4.68. The predicted octanol–water partition coefficient (Wildman–Crippen LogP) is 2.32. The number of carboxylic acids is 1. The lowest BCUT2D eigenvalue weighted by atomic mass is 9.84. The second kappa shape index (κ2) is 6.02. The van der Waals surface area contributed by atoms with Gasteiger partial charge in [-0.05, 0) is 37.0 Å². The first-order chi connectivity index (χ1) is 9.39. The van der Waals surface area contributed by atoms with E-state index in [1.165, 1.54) is 0 Å². The summed E-state index contributed by atoms with van der Waals surface area (Å²) in [5, 5.41) is 12.1. The first-order valence-corrected chi connectivity index (χ1v) is 7.65. The Morgan fingerprint density at radius 2 is 2.05 bits per heavy atom. The summed E-state index contributed by atoms with van der Waals surface area (Å²) in [6.45, 7) is 6.45. The number of hydrogen-bond donors (Lipinski definition) is 2. The largest absolute Gasteiger partial charge is 0.481 e. The molecule has 20 heavy (non-hydrogen) atoms. The molecule has 1 saturated carbocycles. The third kappa shape index (κ3) is 3.64. The summed E-state index contributed by atoms with van der Waals surface area (Å²) in [5.74, 6) is -0.914. The van der Waals surface area contributed by atoms with Crippen LogP contribution in [0.5, 0.6) is 0 Å². The summed E-state index contributed by atoms with van der Waals surface area (Å²) in [5.41, 5.74) is 0.187. The Morgan fingerprint density at radius 3 is 2.70 bits per heavy atom. The molecule has 5 heteroatoms. The van der Waals surface area contributed by atoms with Gasteiger partial charge in [0.15, 0.2) is 0 Å². The van der Waals surface area contributed by atoms with Gasteiger partial charge in [0.05, 0.1) is 5.92 Å². The number of likely N-dealkylation sites (tertiary alicyclic amines) is 1. The topological polar surface area (TPSA) is 69.6 Å². The summed E-state index contributed by atoms with van der Waals surface area (Å²) < 4.78 is 0. The van der Waals surface area contributed by atoms with E-state index in [1.807, 2.05) is 4.90 Å². The van der Waals surface area contributed by atoms with Crippen LogP contribution in [0.15, 0.2) is 0 Å². The second-order valence-corrected chi connectivity index (χ2v) is 7.01. The van der Waals surface area contributed by atoms with E-state index in [-0.39, 0.29) is 23.3 Å². The molecule has 0 aromatic heterocycles. The van der Waals surface area contributed by atoms with Gasteiger partial charge in [0.2, 0.25) is 0 Å². The number of carbonyl (C=O) groups is 2. The van der Waals surface area contributed by atoms with E-state index in [0.29, 0.717) is 6.54 Å². The Bertz CT molecular complexity index is 381. The van der Waals surface area contributed by atoms with Crippen molar-refractivity contribution in [2.24, 2.45) is 17.3 Å². The highest BCUT2D eigenvalue weighted by atomic mass is 16.4. The Hall–Kier alpha value is -1.26. The zero-order valence-corrected chi connectivity index (χ0v) is 12.5. The highest BCUT2D eigenvalue weighted by Crippen LogP contribution is 2.32. The van der Waals surface area contributed by atoms with Crippen molar-refractivity contribution in [3.05, 3.63) is 0 Å². The van der Waals surface area contributed by atoms with E-state index in [0.717, 1.165) is 45.2 Å². The number of aliphatic carboxylic acids is 1. The van der Waals surface area contributed by atoms with Crippen molar-refractivity contribution < 1.29 is 14.7 Å². The van der Waals surface area contributed by atoms with Crippen LogP contribution >= 0.6 is 0 Å². The fraction of sp³-hybridized carbons (Fsp3) is 0.867. The fourth-order valence-corrected chi connectivity index (χ4v) is 3.53. The fourth-order valence-electron chi connectivity index (χ4n) is 3.53. The predicted molar refractivity (Wildman–Crippen MR) is 76.5 cm³/mol. The number of nitrogens with zero attached hydrogens (tertiary/aromatic N) is 1. The maximum atomic E-state index is 12.2. The summed E-state index contributed by atoms with van der Waals surface area (Å²) in [6, 6.07) is -0.0335. The van der Waals surface area contributed by atoms with Crippen molar-refractivity contribution in [3.63, 3.8) is 0 Å². The minimum Gasteiger partial charge on any atom is -0.481 e. The number of carboxylic acid groups (broad SMARTS) is 1. The Morgan fingerprint density at radius 1 is 1.30 bits per heavy atom. The molecule has 114 valence electrons. The maximum Gasteiger partial charge on any atom is 0.317 e. The van der Waals surface area contributed by atoms with Crippen LogP contribution in [0, 0.1) is 17.3 Å². The number of rotatable bonds is 3. The van der Waals surface area contributed by atoms with Gasteiger partial charge in [0.25, 0.3) is 0 Å². The molecule has 2 N–H and O–H groups in total. The van der Waals surface area contributed by atoms with Crippen molar-refractivity contribution in [2.75, 3.05) is 19.6 Å². The maximum absolute atomic E-state index is 12.2. The van der Waals surface area contributed by atoms with Gasteiger partial charge in [0, 0.05) is 19.6 Å². The van der Waals surface area contributed by atoms with Gasteiger partial charge in [0.1, 0.15) is 0 Å². The molecule has 1 aliphatic carbocycles. The summed E-state index contributed by atoms with van der Waals surface area (Å²) in [7, 11) is 0. The smallest absolute Gasteiger partial charge is 0.317 e. The van der Waals surface area contributed by atoms with Crippen LogP contribution in [0.1, 0.15) is 46.0 Å². The SMILES string of the molecule is CC1(C)CCCN(C(=O)NCC2CCCC2C(=O)O)C1. The monoisotopic (exact) mass is 282 g/mol. The molecule has 2 amide bonds. The Labute approximate surface area is 120 Å². The van der Waals surface area contributed by atoms with E-state index in [9.17, 15) is 9.59 Å². The molecule has 1 aliphatic heterocycles. The lowest BCUT2D eigenvalue weighted by Crippen LogP contribution is -2.49. The molecule has 1 heterocycles. The molecule has 2 unspecified atom stereocenters. The van der Waals surface area contributed by atoms with E-state index in [2.05, 4.69) is 19.2 Å². The number of carbonyl (C=O) groups excluding carboxylic acids is 1. The van der Waals surface area contributed by atoms with E-state index in [1.54, 1.807) is 0 Å². The second-order valence-electron chi connectivity index (χ2n) is 7.01. The minimum atomic E-state index is -0.721. The Kier molecular flexibility index (Phi) is 4.55. The molecule has 2 aliphatic rings. The molecular formula is C15H26N2O3. The quantitative estimate of drug-likeness (QED) is 0.834. The van der Waals surface area contributed by atoms with Gasteiger partial charge in [-0.2, -0.15) is 0 Å². The lowest BCUT2D eigenvalue weighted by molar-refractivity contribution is -0.142. The van der Waals surface area contributed by atoms with Crippen LogP contribution in [0.3, 0.4) is 0 Å². The van der Waals surface area contributed by atoms with E-state index in [4.69, 9.17) is 5.11 Å². The minimum absolute atomic E-state index is 0.0335. The number of piperidine rings is 1. The normalized spacial score (nSPS) is 29.2. The zero-order valence-electron chi connectivity index (χ0n) is 12.5. The number of hydrogen-bond acceptors (Lipinski definition) is 2. The number of amides is 2. The molecular weight excluding hydrogens is 256 g/mol. The summed E-state index contributed by atoms with van der Waals surface area (Å²) in [4.78, 5) is 25.2. The van der Waals surface area contributed by atoms with E-state index < -0.39 is 5.97 Å². The molecule has 1 saturated heterocycles. The van der Waals surface area contributed by atoms with Gasteiger partial charge >= 0.3 is 12.0 Å². The highest BCUT2D eigenvalue weighted by Gasteiger charge is 2.34. The van der Waals surface area contributed by atoms with Crippen LogP contribution in [0.2, 0.25) is 0 Å². The van der Waals surface area contributed by atoms with Gasteiger partial charge in [-0.25, -0.2) is 4.79 Å². The number of nitrogens with one attached hydrogen (secondary N) is 1. The standard InChI is InChI=1S/C15H26N2O3/c1-15(2)7-4-8-17(10-15)14(20)16-9-11-5-3-6-12(11)13(18)19/h11-12H,3-10H2,1-2H3,(H,16,20)(H,18,19). The molecule has 2 atom stereocenters. The molecule has 2 rings (SSSR count). The van der Waals surface area contributed by atoms with Gasteiger partial charge in [-0.1, -0.05) is 20.3 Å². The molecule has 0 aromatic rings. The van der Waals surface area contributed by atoms with Gasteiger partial charge in [-0.3, -0.25) is 4.79 Å². The third-order valence-electron chi connectivity index (χ3n) is 4.68. The molecule has 2 fully saturated rings. The Balaban J connectivity index is 1.81. The van der Waals surface area contributed by atoms with Gasteiger partial charge in [-0.15, -0.1) is 0 Å². The van der Waals surface area contributed by atoms with Crippen molar-refractivity contribution in [1.82, 2.24) is 10.2 Å². The average Bonchev–Trinajstić information content (AvgIpc) is 2.83. The molecule has 0 aromatic carbocycles. The molecule has 0 radical (unpaired) electrons. The molecule has 0 bridgehead atoms. The van der Waals surface area contributed by atoms with Crippen molar-refractivity contribution in [3.8, 4) is 0 Å². The lowest BCUT2D eigenvalue weighted by Gasteiger charge is -2.38. The van der Waals surface area contributed by atoms with E-state index >= 15 is 0 Å². The van der Waals surface area contributed by atoms with Crippen LogP contribution < -0.4 is 5.32 Å². The van der Waals surface area contributed by atoms with Crippen molar-refractivity contribution in [1.29, 1.82) is 0 Å². The number of urea groups is 1. The van der Waals surface area contributed by atoms with Gasteiger partial charge < -0.3 is 15.3 Å². The van der Waals surface area contributed by atoms with Crippen LogP contribution in [0.25, 0.3) is 0 Å². The summed E-state index contributed by atoms with van der Waals surface area (Å²) in [6.07, 6.45) is 4.80. The van der Waals surface area contributed by atoms with Crippen LogP contribution in [0.4, 0.5) is 4.79 Å². The average molecular weight is 282 g/mol.